The number of carbonyl (C=O) groups is 1. The molecule has 3 aromatic carbocycles. The number of hydrogen-bond acceptors (Lipinski definition) is 4. The first-order chi connectivity index (χ1) is 14.2. The SMILES string of the molecule is Cc1cc2cc(C(=O)Nc3ccc(-n4nnc5ccccc54)cc3)ccc2cn1. The summed E-state index contributed by atoms with van der Waals surface area (Å²) in [6.07, 6.45) is 1.82. The van der Waals surface area contributed by atoms with E-state index in [0.29, 0.717) is 11.3 Å². The summed E-state index contributed by atoms with van der Waals surface area (Å²) in [4.78, 5) is 17.0. The van der Waals surface area contributed by atoms with Crippen molar-refractivity contribution >= 4 is 33.4 Å². The molecule has 6 nitrogen and oxygen atoms in total. The lowest BCUT2D eigenvalue weighted by molar-refractivity contribution is 0.102. The molecule has 6 heteroatoms. The molecular weight excluding hydrogens is 362 g/mol. The van der Waals surface area contributed by atoms with Gasteiger partial charge in [0.1, 0.15) is 5.52 Å². The number of aryl methyl sites for hydroxylation is 1. The Morgan fingerprint density at radius 1 is 0.931 bits per heavy atom. The molecule has 0 aliphatic heterocycles. The van der Waals surface area contributed by atoms with Gasteiger partial charge in [-0.25, -0.2) is 4.68 Å². The predicted molar refractivity (Wildman–Crippen MR) is 113 cm³/mol. The number of nitrogens with one attached hydrogen (secondary N) is 1. The molecule has 0 radical (unpaired) electrons. The van der Waals surface area contributed by atoms with E-state index in [2.05, 4.69) is 20.6 Å². The van der Waals surface area contributed by atoms with Gasteiger partial charge < -0.3 is 5.32 Å². The van der Waals surface area contributed by atoms with E-state index in [1.54, 1.807) is 4.68 Å². The van der Waals surface area contributed by atoms with Gasteiger partial charge >= 0.3 is 0 Å². The lowest BCUT2D eigenvalue weighted by atomic mass is 10.1. The van der Waals surface area contributed by atoms with E-state index < -0.39 is 0 Å². The Morgan fingerprint density at radius 2 is 1.76 bits per heavy atom. The zero-order chi connectivity index (χ0) is 19.8. The average Bonchev–Trinajstić information content (AvgIpc) is 3.18. The van der Waals surface area contributed by atoms with Crippen molar-refractivity contribution in [3.05, 3.63) is 90.3 Å². The Bertz CT molecular complexity index is 1360. The number of nitrogens with zero attached hydrogens (tertiary/aromatic N) is 4. The zero-order valence-corrected chi connectivity index (χ0v) is 15.7. The van der Waals surface area contributed by atoms with E-state index in [0.717, 1.165) is 33.2 Å². The van der Waals surface area contributed by atoms with E-state index in [-0.39, 0.29) is 5.91 Å². The molecule has 1 amide bonds. The summed E-state index contributed by atoms with van der Waals surface area (Å²) in [5.74, 6) is -0.152. The highest BCUT2D eigenvalue weighted by atomic mass is 16.1. The van der Waals surface area contributed by atoms with Crippen molar-refractivity contribution in [2.75, 3.05) is 5.32 Å². The van der Waals surface area contributed by atoms with Crippen LogP contribution in [0.5, 0.6) is 0 Å². The number of hydrogen-bond donors (Lipinski definition) is 1. The number of aromatic nitrogens is 4. The van der Waals surface area contributed by atoms with Crippen LogP contribution in [0.2, 0.25) is 0 Å². The number of amides is 1. The van der Waals surface area contributed by atoms with E-state index in [4.69, 9.17) is 0 Å². The Hall–Kier alpha value is -4.06. The second-order valence-electron chi connectivity index (χ2n) is 6.88. The molecule has 29 heavy (non-hydrogen) atoms. The molecule has 2 aromatic heterocycles. The maximum absolute atomic E-state index is 12.7. The second-order valence-corrected chi connectivity index (χ2v) is 6.88. The van der Waals surface area contributed by atoms with Crippen molar-refractivity contribution in [1.29, 1.82) is 0 Å². The van der Waals surface area contributed by atoms with Crippen LogP contribution in [0.3, 0.4) is 0 Å². The lowest BCUT2D eigenvalue weighted by Crippen LogP contribution is -2.11. The number of carbonyl (C=O) groups excluding carboxylic acids is 1. The van der Waals surface area contributed by atoms with Crippen LogP contribution < -0.4 is 5.32 Å². The molecular formula is C23H17N5O. The highest BCUT2D eigenvalue weighted by Gasteiger charge is 2.09. The number of pyridine rings is 1. The van der Waals surface area contributed by atoms with Gasteiger partial charge in [-0.05, 0) is 66.9 Å². The molecule has 0 bridgehead atoms. The zero-order valence-electron chi connectivity index (χ0n) is 15.7. The van der Waals surface area contributed by atoms with Crippen molar-refractivity contribution in [2.24, 2.45) is 0 Å². The summed E-state index contributed by atoms with van der Waals surface area (Å²) in [6.45, 7) is 1.94. The van der Waals surface area contributed by atoms with E-state index in [1.807, 2.05) is 85.9 Å². The van der Waals surface area contributed by atoms with Crippen molar-refractivity contribution < 1.29 is 4.79 Å². The van der Waals surface area contributed by atoms with Gasteiger partial charge in [-0.2, -0.15) is 0 Å². The molecule has 0 saturated carbocycles. The minimum absolute atomic E-state index is 0.152. The first kappa shape index (κ1) is 17.1. The molecule has 5 rings (SSSR count). The standard InChI is InChI=1S/C23H17N5O/c1-15-12-18-13-16(6-7-17(18)14-24-15)23(29)25-19-8-10-20(11-9-19)28-22-5-3-2-4-21(22)26-27-28/h2-14H,1H3,(H,25,29). The van der Waals surface area contributed by atoms with Crippen molar-refractivity contribution in [1.82, 2.24) is 20.0 Å². The first-order valence-electron chi connectivity index (χ1n) is 9.26. The third kappa shape index (κ3) is 3.21. The molecule has 0 unspecified atom stereocenters. The third-order valence-electron chi connectivity index (χ3n) is 4.84. The van der Waals surface area contributed by atoms with Gasteiger partial charge in [0.15, 0.2) is 0 Å². The van der Waals surface area contributed by atoms with Gasteiger partial charge in [-0.3, -0.25) is 9.78 Å². The van der Waals surface area contributed by atoms with Gasteiger partial charge in [0.05, 0.1) is 11.2 Å². The molecule has 0 spiro atoms. The summed E-state index contributed by atoms with van der Waals surface area (Å²) in [5.41, 5.74) is 4.90. The van der Waals surface area contributed by atoms with Gasteiger partial charge in [0, 0.05) is 28.5 Å². The Balaban J connectivity index is 1.39. The summed E-state index contributed by atoms with van der Waals surface area (Å²) >= 11 is 0. The maximum atomic E-state index is 12.7. The summed E-state index contributed by atoms with van der Waals surface area (Å²) < 4.78 is 1.78. The lowest BCUT2D eigenvalue weighted by Gasteiger charge is -2.08. The minimum Gasteiger partial charge on any atom is -0.322 e. The molecule has 0 atom stereocenters. The molecule has 140 valence electrons. The van der Waals surface area contributed by atoms with Gasteiger partial charge in [0.2, 0.25) is 0 Å². The van der Waals surface area contributed by atoms with Crippen LogP contribution in [0.1, 0.15) is 16.1 Å². The number of anilines is 1. The molecule has 2 heterocycles. The van der Waals surface area contributed by atoms with E-state index in [1.165, 1.54) is 0 Å². The Labute approximate surface area is 166 Å². The topological polar surface area (TPSA) is 72.7 Å². The molecule has 0 aliphatic carbocycles. The van der Waals surface area contributed by atoms with Crippen LogP contribution in [-0.2, 0) is 0 Å². The smallest absolute Gasteiger partial charge is 0.255 e. The maximum Gasteiger partial charge on any atom is 0.255 e. The highest BCUT2D eigenvalue weighted by Crippen LogP contribution is 2.20. The fourth-order valence-electron chi connectivity index (χ4n) is 3.34. The van der Waals surface area contributed by atoms with Crippen LogP contribution in [0.4, 0.5) is 5.69 Å². The number of benzene rings is 3. The highest BCUT2D eigenvalue weighted by molar-refractivity contribution is 6.06. The summed E-state index contributed by atoms with van der Waals surface area (Å²) in [7, 11) is 0. The van der Waals surface area contributed by atoms with Crippen LogP contribution in [0, 0.1) is 6.92 Å². The predicted octanol–water partition coefficient (Wildman–Crippen LogP) is 4.53. The molecule has 1 N–H and O–H groups in total. The largest absolute Gasteiger partial charge is 0.322 e. The van der Waals surface area contributed by atoms with Crippen LogP contribution in [-0.4, -0.2) is 25.9 Å². The molecule has 0 aliphatic rings. The summed E-state index contributed by atoms with van der Waals surface area (Å²) in [5, 5.41) is 13.3. The number of para-hydroxylation sites is 1. The first-order valence-corrected chi connectivity index (χ1v) is 9.26. The third-order valence-corrected chi connectivity index (χ3v) is 4.84. The van der Waals surface area contributed by atoms with Crippen LogP contribution in [0.25, 0.3) is 27.5 Å². The normalized spacial score (nSPS) is 11.1. The van der Waals surface area contributed by atoms with Crippen LogP contribution >= 0.6 is 0 Å². The van der Waals surface area contributed by atoms with Crippen molar-refractivity contribution in [3.8, 4) is 5.69 Å². The molecule has 5 aromatic rings. The van der Waals surface area contributed by atoms with Gasteiger partial charge in [0.25, 0.3) is 5.91 Å². The minimum atomic E-state index is -0.152. The second kappa shape index (κ2) is 6.83. The average molecular weight is 379 g/mol. The number of fused-ring (bicyclic) bond motifs is 2. The fraction of sp³-hybridized carbons (Fsp3) is 0.0435. The number of rotatable bonds is 3. The van der Waals surface area contributed by atoms with E-state index >= 15 is 0 Å². The van der Waals surface area contributed by atoms with Crippen LogP contribution in [0.15, 0.2) is 79.0 Å². The Morgan fingerprint density at radius 3 is 2.62 bits per heavy atom. The quantitative estimate of drug-likeness (QED) is 0.500. The van der Waals surface area contributed by atoms with Gasteiger partial charge in [-0.15, -0.1) is 5.10 Å². The molecule has 0 fully saturated rings. The Kier molecular flexibility index (Phi) is 4.02. The van der Waals surface area contributed by atoms with E-state index in [9.17, 15) is 4.79 Å². The van der Waals surface area contributed by atoms with Crippen molar-refractivity contribution in [2.45, 2.75) is 6.92 Å². The van der Waals surface area contributed by atoms with Crippen molar-refractivity contribution in [3.63, 3.8) is 0 Å². The molecule has 0 saturated heterocycles. The summed E-state index contributed by atoms with van der Waals surface area (Å²) in [6, 6.07) is 22.9. The van der Waals surface area contributed by atoms with Gasteiger partial charge in [-0.1, -0.05) is 23.4 Å². The fourth-order valence-corrected chi connectivity index (χ4v) is 3.34. The monoisotopic (exact) mass is 379 g/mol.